The smallest absolute Gasteiger partial charge is 0.227 e. The van der Waals surface area contributed by atoms with Gasteiger partial charge in [-0.25, -0.2) is 0 Å². The third-order valence-electron chi connectivity index (χ3n) is 4.70. The molecule has 1 fully saturated rings. The Morgan fingerprint density at radius 2 is 2.04 bits per heavy atom. The zero-order valence-electron chi connectivity index (χ0n) is 15.3. The maximum Gasteiger partial charge on any atom is 0.227 e. The minimum absolute atomic E-state index is 0.0208. The second-order valence-electron chi connectivity index (χ2n) is 6.63. The number of aliphatic hydroxyl groups excluding tert-OH is 1. The van der Waals surface area contributed by atoms with Gasteiger partial charge in [-0.15, -0.1) is 0 Å². The Bertz CT molecular complexity index is 773. The van der Waals surface area contributed by atoms with Crippen LogP contribution in [0.4, 0.5) is 0 Å². The number of nitrogens with zero attached hydrogens (tertiary/aromatic N) is 2. The Hall–Kier alpha value is -2.54. The normalized spacial score (nSPS) is 19.6. The van der Waals surface area contributed by atoms with E-state index in [9.17, 15) is 9.90 Å². The average molecular weight is 360 g/mol. The molecule has 2 aromatic rings. The van der Waals surface area contributed by atoms with Gasteiger partial charge in [-0.05, 0) is 24.6 Å². The molecular weight excluding hydrogens is 336 g/mol. The number of hydrogen-bond acceptors (Lipinski definition) is 6. The Labute approximate surface area is 152 Å². The second kappa shape index (κ2) is 7.78. The number of hydrogen-bond donors (Lipinski definition) is 1. The summed E-state index contributed by atoms with van der Waals surface area (Å²) in [5.41, 5.74) is 1.66. The van der Waals surface area contributed by atoms with E-state index in [0.29, 0.717) is 31.0 Å². The van der Waals surface area contributed by atoms with E-state index in [4.69, 9.17) is 14.0 Å². The summed E-state index contributed by atoms with van der Waals surface area (Å²) in [5.74, 6) is 1.89. The summed E-state index contributed by atoms with van der Waals surface area (Å²) < 4.78 is 15.7. The standard InChI is InChI=1S/C19H24N2O5/c1-12-6-15(26-20-12)9-14-10-21(11-16(14)22)19(23)8-13-4-5-17(24-2)18(7-13)25-3/h4-7,14,16,22H,8-11H2,1-3H3/t14-,16+/m1/s1. The quantitative estimate of drug-likeness (QED) is 0.842. The van der Waals surface area contributed by atoms with E-state index < -0.39 is 6.10 Å². The first-order valence-corrected chi connectivity index (χ1v) is 8.59. The van der Waals surface area contributed by atoms with E-state index in [2.05, 4.69) is 5.16 Å². The summed E-state index contributed by atoms with van der Waals surface area (Å²) in [6, 6.07) is 7.30. The number of benzene rings is 1. The van der Waals surface area contributed by atoms with Crippen LogP contribution in [0, 0.1) is 12.8 Å². The van der Waals surface area contributed by atoms with E-state index in [1.54, 1.807) is 31.3 Å². The van der Waals surface area contributed by atoms with E-state index in [1.165, 1.54) is 0 Å². The lowest BCUT2D eigenvalue weighted by Crippen LogP contribution is -2.31. The highest BCUT2D eigenvalue weighted by Crippen LogP contribution is 2.28. The number of rotatable bonds is 6. The van der Waals surface area contributed by atoms with E-state index in [1.807, 2.05) is 19.1 Å². The van der Waals surface area contributed by atoms with E-state index >= 15 is 0 Å². The summed E-state index contributed by atoms with van der Waals surface area (Å²) in [5, 5.41) is 14.2. The zero-order chi connectivity index (χ0) is 18.7. The van der Waals surface area contributed by atoms with Crippen molar-refractivity contribution in [1.29, 1.82) is 0 Å². The molecule has 1 saturated heterocycles. The molecule has 0 unspecified atom stereocenters. The molecule has 1 aliphatic rings. The summed E-state index contributed by atoms with van der Waals surface area (Å²) in [4.78, 5) is 14.3. The molecule has 1 aliphatic heterocycles. The predicted molar refractivity (Wildman–Crippen MR) is 94.3 cm³/mol. The molecule has 7 nitrogen and oxygen atoms in total. The van der Waals surface area contributed by atoms with Crippen LogP contribution in [0.2, 0.25) is 0 Å². The van der Waals surface area contributed by atoms with Crippen LogP contribution < -0.4 is 9.47 Å². The number of ether oxygens (including phenoxy) is 2. The molecule has 1 amide bonds. The zero-order valence-corrected chi connectivity index (χ0v) is 15.3. The van der Waals surface area contributed by atoms with Crippen LogP contribution >= 0.6 is 0 Å². The first-order chi connectivity index (χ1) is 12.5. The van der Waals surface area contributed by atoms with Crippen molar-refractivity contribution in [2.24, 2.45) is 5.92 Å². The van der Waals surface area contributed by atoms with Crippen LogP contribution in [0.15, 0.2) is 28.8 Å². The molecule has 1 aromatic carbocycles. The fourth-order valence-electron chi connectivity index (χ4n) is 3.31. The molecular formula is C19H24N2O5. The van der Waals surface area contributed by atoms with Crippen molar-refractivity contribution in [2.45, 2.75) is 25.9 Å². The fraction of sp³-hybridized carbons (Fsp3) is 0.474. The van der Waals surface area contributed by atoms with Crippen LogP contribution in [0.5, 0.6) is 11.5 Å². The molecule has 0 aliphatic carbocycles. The summed E-state index contributed by atoms with van der Waals surface area (Å²) >= 11 is 0. The van der Waals surface area contributed by atoms with Gasteiger partial charge in [0.25, 0.3) is 0 Å². The van der Waals surface area contributed by atoms with Crippen molar-refractivity contribution in [3.8, 4) is 11.5 Å². The lowest BCUT2D eigenvalue weighted by atomic mass is 10.0. The van der Waals surface area contributed by atoms with Gasteiger partial charge in [0.2, 0.25) is 5.91 Å². The number of β-amino-alcohol motifs (C(OH)–C–C–N with tert-alkyl or cyclic N) is 1. The molecule has 2 atom stereocenters. The minimum Gasteiger partial charge on any atom is -0.493 e. The number of aliphatic hydroxyl groups is 1. The summed E-state index contributed by atoms with van der Waals surface area (Å²) in [7, 11) is 3.14. The Kier molecular flexibility index (Phi) is 5.46. The minimum atomic E-state index is -0.560. The van der Waals surface area contributed by atoms with Gasteiger partial charge in [-0.3, -0.25) is 4.79 Å². The largest absolute Gasteiger partial charge is 0.493 e. The topological polar surface area (TPSA) is 85.0 Å². The molecule has 140 valence electrons. The maximum absolute atomic E-state index is 12.6. The first-order valence-electron chi connectivity index (χ1n) is 8.59. The number of methoxy groups -OCH3 is 2. The Morgan fingerprint density at radius 3 is 2.69 bits per heavy atom. The number of likely N-dealkylation sites (tertiary alicyclic amines) is 1. The van der Waals surface area contributed by atoms with Crippen LogP contribution in [0.25, 0.3) is 0 Å². The lowest BCUT2D eigenvalue weighted by molar-refractivity contribution is -0.129. The number of aryl methyl sites for hydroxylation is 1. The predicted octanol–water partition coefficient (Wildman–Crippen LogP) is 1.60. The monoisotopic (exact) mass is 360 g/mol. The van der Waals surface area contributed by atoms with Gasteiger partial charge in [-0.1, -0.05) is 11.2 Å². The van der Waals surface area contributed by atoms with Gasteiger partial charge in [-0.2, -0.15) is 0 Å². The SMILES string of the molecule is COc1ccc(CC(=O)N2C[C@@H](Cc3cc(C)no3)[C@@H](O)C2)cc1OC. The van der Waals surface area contributed by atoms with Gasteiger partial charge < -0.3 is 24.0 Å². The third-order valence-corrected chi connectivity index (χ3v) is 4.70. The molecule has 1 aromatic heterocycles. The van der Waals surface area contributed by atoms with Gasteiger partial charge in [0.15, 0.2) is 11.5 Å². The molecule has 0 radical (unpaired) electrons. The molecule has 0 saturated carbocycles. The van der Waals surface area contributed by atoms with Crippen LogP contribution in [0.3, 0.4) is 0 Å². The lowest BCUT2D eigenvalue weighted by Gasteiger charge is -2.16. The molecule has 0 bridgehead atoms. The summed E-state index contributed by atoms with van der Waals surface area (Å²) in [6.07, 6.45) is 0.262. The Balaban J connectivity index is 1.62. The molecule has 7 heteroatoms. The van der Waals surface area contributed by atoms with E-state index in [-0.39, 0.29) is 18.2 Å². The van der Waals surface area contributed by atoms with E-state index in [0.717, 1.165) is 17.0 Å². The van der Waals surface area contributed by atoms with Gasteiger partial charge >= 0.3 is 0 Å². The average Bonchev–Trinajstić information content (AvgIpc) is 3.21. The number of aromatic nitrogens is 1. The maximum atomic E-state index is 12.6. The highest BCUT2D eigenvalue weighted by Gasteiger charge is 2.34. The number of carbonyl (C=O) groups excluding carboxylic acids is 1. The molecule has 3 rings (SSSR count). The second-order valence-corrected chi connectivity index (χ2v) is 6.63. The van der Waals surface area contributed by atoms with Crippen molar-refractivity contribution in [2.75, 3.05) is 27.3 Å². The van der Waals surface area contributed by atoms with Gasteiger partial charge in [0.1, 0.15) is 5.76 Å². The molecule has 0 spiro atoms. The Morgan fingerprint density at radius 1 is 1.27 bits per heavy atom. The van der Waals surface area contributed by atoms with Crippen LogP contribution in [-0.2, 0) is 17.6 Å². The third kappa shape index (κ3) is 3.99. The molecule has 1 N–H and O–H groups in total. The van der Waals surface area contributed by atoms with Gasteiger partial charge in [0, 0.05) is 31.5 Å². The van der Waals surface area contributed by atoms with Crippen molar-refractivity contribution < 1.29 is 23.9 Å². The number of carbonyl (C=O) groups is 1. The van der Waals surface area contributed by atoms with Crippen LogP contribution in [-0.4, -0.2) is 54.5 Å². The van der Waals surface area contributed by atoms with Crippen LogP contribution in [0.1, 0.15) is 17.0 Å². The number of amides is 1. The highest BCUT2D eigenvalue weighted by molar-refractivity contribution is 5.79. The van der Waals surface area contributed by atoms with Crippen molar-refractivity contribution in [3.63, 3.8) is 0 Å². The fourth-order valence-corrected chi connectivity index (χ4v) is 3.31. The van der Waals surface area contributed by atoms with Crippen molar-refractivity contribution in [3.05, 3.63) is 41.3 Å². The van der Waals surface area contributed by atoms with Crippen molar-refractivity contribution in [1.82, 2.24) is 10.1 Å². The molecule has 26 heavy (non-hydrogen) atoms. The molecule has 2 heterocycles. The van der Waals surface area contributed by atoms with Crippen molar-refractivity contribution >= 4 is 5.91 Å². The summed E-state index contributed by atoms with van der Waals surface area (Å²) in [6.45, 7) is 2.70. The highest BCUT2D eigenvalue weighted by atomic mass is 16.5. The van der Waals surface area contributed by atoms with Gasteiger partial charge in [0.05, 0.1) is 32.4 Å². The first kappa shape index (κ1) is 18.3.